The van der Waals surface area contributed by atoms with Crippen LogP contribution >= 0.6 is 0 Å². The first kappa shape index (κ1) is 4.40. The van der Waals surface area contributed by atoms with Crippen molar-refractivity contribution >= 4 is 4.38 Å². The van der Waals surface area contributed by atoms with Crippen molar-refractivity contribution in [2.45, 2.75) is 13.8 Å². The summed E-state index contributed by atoms with van der Waals surface area (Å²) in [5.41, 5.74) is 0. The second kappa shape index (κ2) is 1.70. The minimum absolute atomic E-state index is 1.29. The predicted molar refractivity (Wildman–Crippen MR) is 16.4 cm³/mol. The van der Waals surface area contributed by atoms with Gasteiger partial charge in [-0.1, -0.05) is 0 Å². The molecule has 0 radical (unpaired) electrons. The molecule has 0 aliphatic carbocycles. The van der Waals surface area contributed by atoms with Crippen LogP contribution in [0.25, 0.3) is 0 Å². The van der Waals surface area contributed by atoms with Gasteiger partial charge < -0.3 is 0 Å². The molecule has 0 nitrogen and oxygen atoms in total. The van der Waals surface area contributed by atoms with Gasteiger partial charge in [0.2, 0.25) is 0 Å². The van der Waals surface area contributed by atoms with E-state index in [1.165, 1.54) is 4.38 Å². The fourth-order valence-corrected chi connectivity index (χ4v) is 0. The summed E-state index contributed by atoms with van der Waals surface area (Å²) in [6.45, 7) is 4.06. The third kappa shape index (κ3) is 29.2. The van der Waals surface area contributed by atoms with Gasteiger partial charge in [-0.2, -0.15) is 0 Å². The molecule has 0 heterocycles. The number of rotatable bonds is 0. The van der Waals surface area contributed by atoms with Crippen LogP contribution in [0.2, 0.25) is 0 Å². The molecule has 0 aliphatic heterocycles. The molecule has 0 amide bonds. The van der Waals surface area contributed by atoms with Crippen molar-refractivity contribution in [2.75, 3.05) is 0 Å². The van der Waals surface area contributed by atoms with E-state index in [4.69, 9.17) is 0 Å². The molecular formula is C3H6Cr. The molecule has 0 unspecified atom stereocenters. The van der Waals surface area contributed by atoms with Gasteiger partial charge in [-0.3, -0.25) is 0 Å². The molecule has 0 N–H and O–H groups in total. The van der Waals surface area contributed by atoms with Gasteiger partial charge in [0.25, 0.3) is 0 Å². The zero-order chi connectivity index (χ0) is 3.58. The first-order valence-electron chi connectivity index (χ1n) is 1.20. The van der Waals surface area contributed by atoms with E-state index < -0.39 is 0 Å². The van der Waals surface area contributed by atoms with Crippen LogP contribution in [0, 0.1) is 0 Å². The van der Waals surface area contributed by atoms with Crippen LogP contribution in [0.15, 0.2) is 0 Å². The molecule has 0 aromatic heterocycles. The maximum atomic E-state index is 2.82. The van der Waals surface area contributed by atoms with E-state index in [2.05, 4.69) is 15.9 Å². The number of hydrogen-bond acceptors (Lipinski definition) is 0. The zero-order valence-corrected chi connectivity index (χ0v) is 4.18. The average Bonchev–Trinajstić information content (AvgIpc) is 0.811. The first-order chi connectivity index (χ1) is 1.73. The van der Waals surface area contributed by atoms with E-state index in [1.807, 2.05) is 13.8 Å². The van der Waals surface area contributed by atoms with Gasteiger partial charge in [-0.05, 0) is 0 Å². The van der Waals surface area contributed by atoms with Crippen LogP contribution in [-0.2, 0) is 15.9 Å². The summed E-state index contributed by atoms with van der Waals surface area (Å²) in [5.74, 6) is 0. The second-order valence-corrected chi connectivity index (χ2v) is 2.18. The summed E-state index contributed by atoms with van der Waals surface area (Å²) in [4.78, 5) is 0. The van der Waals surface area contributed by atoms with E-state index in [0.717, 1.165) is 0 Å². The van der Waals surface area contributed by atoms with Gasteiger partial charge in [0.15, 0.2) is 0 Å². The Labute approximate surface area is 34.8 Å². The Bertz CT molecular complexity index is 26.3. The van der Waals surface area contributed by atoms with Crippen LogP contribution in [0.3, 0.4) is 0 Å². The van der Waals surface area contributed by atoms with Gasteiger partial charge in [0.05, 0.1) is 0 Å². The molecule has 0 aromatic carbocycles. The van der Waals surface area contributed by atoms with Gasteiger partial charge in [-0.25, -0.2) is 0 Å². The van der Waals surface area contributed by atoms with E-state index in [0.29, 0.717) is 0 Å². The molecule has 24 valence electrons. The van der Waals surface area contributed by atoms with Crippen molar-refractivity contribution in [3.8, 4) is 0 Å². The Morgan fingerprint density at radius 2 is 1.50 bits per heavy atom. The Morgan fingerprint density at radius 3 is 1.50 bits per heavy atom. The summed E-state index contributed by atoms with van der Waals surface area (Å²) in [6.07, 6.45) is 0. The molecule has 0 saturated carbocycles. The molecule has 4 heavy (non-hydrogen) atoms. The fraction of sp³-hybridized carbons (Fsp3) is 0.667. The molecular weight excluding hydrogens is 88.0 g/mol. The zero-order valence-electron chi connectivity index (χ0n) is 2.91. The third-order valence-electron chi connectivity index (χ3n) is 0. The number of hydrogen-bond donors (Lipinski definition) is 0. The SMILES string of the molecule is C[C](C)=[Cr]. The molecule has 0 aliphatic rings. The van der Waals surface area contributed by atoms with Crippen molar-refractivity contribution in [1.29, 1.82) is 0 Å². The molecule has 0 bridgehead atoms. The van der Waals surface area contributed by atoms with Gasteiger partial charge >= 0.3 is 34.1 Å². The minimum atomic E-state index is 1.29. The van der Waals surface area contributed by atoms with Gasteiger partial charge in [-0.15, -0.1) is 0 Å². The fourth-order valence-electron chi connectivity index (χ4n) is 0. The standard InChI is InChI=1S/C3H6.Cr/c1-3-2;/h1-2H3;. The van der Waals surface area contributed by atoms with Crippen molar-refractivity contribution in [2.24, 2.45) is 0 Å². The summed E-state index contributed by atoms with van der Waals surface area (Å²) in [7, 11) is 0. The predicted octanol–water partition coefficient (Wildman–Crippen LogP) is 0.745. The average molecular weight is 94.1 g/mol. The van der Waals surface area contributed by atoms with Crippen molar-refractivity contribution in [1.82, 2.24) is 0 Å². The van der Waals surface area contributed by atoms with Gasteiger partial charge in [0, 0.05) is 0 Å². The Balaban J connectivity index is 2.80. The molecule has 0 atom stereocenters. The summed E-state index contributed by atoms with van der Waals surface area (Å²) in [6, 6.07) is 0. The summed E-state index contributed by atoms with van der Waals surface area (Å²) in [5, 5.41) is 0. The second-order valence-electron chi connectivity index (χ2n) is 0.908. The summed E-state index contributed by atoms with van der Waals surface area (Å²) >= 11 is 2.82. The molecule has 1 heteroatoms. The van der Waals surface area contributed by atoms with Crippen molar-refractivity contribution in [3.05, 3.63) is 0 Å². The molecule has 0 saturated heterocycles. The Kier molecular flexibility index (Phi) is 1.87. The molecule has 0 spiro atoms. The molecule has 0 rings (SSSR count). The van der Waals surface area contributed by atoms with Crippen molar-refractivity contribution in [3.63, 3.8) is 0 Å². The normalized spacial score (nSPS) is 6.50. The van der Waals surface area contributed by atoms with E-state index in [9.17, 15) is 0 Å². The van der Waals surface area contributed by atoms with Crippen LogP contribution in [0.4, 0.5) is 0 Å². The summed E-state index contributed by atoms with van der Waals surface area (Å²) < 4.78 is 1.29. The molecule has 0 aromatic rings. The van der Waals surface area contributed by atoms with E-state index in [1.54, 1.807) is 0 Å². The third-order valence-corrected chi connectivity index (χ3v) is 0. The van der Waals surface area contributed by atoms with Gasteiger partial charge in [0.1, 0.15) is 0 Å². The Hall–Kier alpha value is 0.402. The van der Waals surface area contributed by atoms with Crippen LogP contribution in [0.1, 0.15) is 13.8 Å². The quantitative estimate of drug-likeness (QED) is 0.415. The van der Waals surface area contributed by atoms with Crippen LogP contribution in [-0.4, -0.2) is 4.38 Å². The topological polar surface area (TPSA) is 0 Å². The monoisotopic (exact) mass is 94.0 g/mol. The van der Waals surface area contributed by atoms with E-state index >= 15 is 0 Å². The van der Waals surface area contributed by atoms with Crippen LogP contribution in [0.5, 0.6) is 0 Å². The van der Waals surface area contributed by atoms with E-state index in [-0.39, 0.29) is 0 Å². The Morgan fingerprint density at radius 1 is 1.50 bits per heavy atom. The first-order valence-corrected chi connectivity index (χ1v) is 1.84. The van der Waals surface area contributed by atoms with Crippen molar-refractivity contribution < 1.29 is 15.9 Å². The molecule has 0 fully saturated rings. The van der Waals surface area contributed by atoms with Crippen LogP contribution < -0.4 is 0 Å². The maximum absolute atomic E-state index is 2.82.